The number of amides is 1. The maximum absolute atomic E-state index is 13.7. The Labute approximate surface area is 193 Å². The van der Waals surface area contributed by atoms with Gasteiger partial charge in [0.25, 0.3) is 0 Å². The molecular formula is C24H31BrN2O2S. The summed E-state index contributed by atoms with van der Waals surface area (Å²) in [5, 5.41) is 0.999. The van der Waals surface area contributed by atoms with Crippen LogP contribution < -0.4 is 9.64 Å². The summed E-state index contributed by atoms with van der Waals surface area (Å²) in [5.41, 5.74) is 2.04. The number of nitrogens with zero attached hydrogens (tertiary/aromatic N) is 2. The fourth-order valence-electron chi connectivity index (χ4n) is 3.77. The largest absolute Gasteiger partial charge is 0.494 e. The van der Waals surface area contributed by atoms with Crippen LogP contribution in [0.2, 0.25) is 0 Å². The number of fused-ring (bicyclic) bond motifs is 1. The molecule has 0 radical (unpaired) electrons. The molecule has 30 heavy (non-hydrogen) atoms. The van der Waals surface area contributed by atoms with Crippen molar-refractivity contribution in [3.63, 3.8) is 0 Å². The summed E-state index contributed by atoms with van der Waals surface area (Å²) in [4.78, 5) is 18.8. The van der Waals surface area contributed by atoms with E-state index in [2.05, 4.69) is 53.1 Å². The molecule has 6 heteroatoms. The van der Waals surface area contributed by atoms with Crippen molar-refractivity contribution >= 4 is 39.3 Å². The lowest BCUT2D eigenvalue weighted by molar-refractivity contribution is -0.121. The number of likely N-dealkylation sites (N-methyl/N-ethyl adjacent to an activating group) is 1. The molecule has 3 rings (SSSR count). The van der Waals surface area contributed by atoms with Crippen LogP contribution in [-0.4, -0.2) is 50.4 Å². The van der Waals surface area contributed by atoms with Gasteiger partial charge in [0, 0.05) is 17.3 Å². The Hall–Kier alpha value is -1.50. The van der Waals surface area contributed by atoms with E-state index in [1.54, 1.807) is 11.8 Å². The van der Waals surface area contributed by atoms with E-state index in [1.165, 1.54) is 0 Å². The summed E-state index contributed by atoms with van der Waals surface area (Å²) in [6.45, 7) is 1.67. The molecule has 0 bridgehead atoms. The molecule has 0 aliphatic carbocycles. The van der Waals surface area contributed by atoms with Crippen molar-refractivity contribution in [1.29, 1.82) is 0 Å². The van der Waals surface area contributed by atoms with Crippen molar-refractivity contribution in [1.82, 2.24) is 4.90 Å². The molecule has 0 saturated carbocycles. The second kappa shape index (κ2) is 10.7. The number of hydrogen-bond acceptors (Lipinski definition) is 4. The first-order valence-corrected chi connectivity index (χ1v) is 12.4. The topological polar surface area (TPSA) is 32.8 Å². The lowest BCUT2D eigenvalue weighted by Crippen LogP contribution is -2.46. The molecule has 2 aromatic carbocycles. The molecule has 1 heterocycles. The van der Waals surface area contributed by atoms with Gasteiger partial charge in [-0.05, 0) is 76.2 Å². The zero-order chi connectivity index (χ0) is 21.6. The number of anilines is 1. The van der Waals surface area contributed by atoms with E-state index in [1.807, 2.05) is 42.3 Å². The Balaban J connectivity index is 1.88. The van der Waals surface area contributed by atoms with Gasteiger partial charge >= 0.3 is 0 Å². The second-order valence-electron chi connectivity index (χ2n) is 7.94. The zero-order valence-corrected chi connectivity index (χ0v) is 20.5. The average Bonchev–Trinajstić information content (AvgIpc) is 2.75. The van der Waals surface area contributed by atoms with Crippen LogP contribution >= 0.6 is 27.7 Å². The first-order valence-electron chi connectivity index (χ1n) is 10.5. The Morgan fingerprint density at radius 2 is 1.80 bits per heavy atom. The normalized spacial score (nSPS) is 18.6. The van der Waals surface area contributed by atoms with Crippen LogP contribution in [-0.2, 0) is 9.54 Å². The molecule has 0 saturated heterocycles. The maximum atomic E-state index is 13.7. The highest BCUT2D eigenvalue weighted by Crippen LogP contribution is 2.53. The number of carbonyl (C=O) groups excluding carboxylic acids is 1. The molecule has 1 aliphatic rings. The highest BCUT2D eigenvalue weighted by atomic mass is 79.9. The molecule has 2 aromatic rings. The first kappa shape index (κ1) is 23.2. The monoisotopic (exact) mass is 490 g/mol. The predicted octanol–water partition coefficient (Wildman–Crippen LogP) is 5.55. The van der Waals surface area contributed by atoms with Crippen LogP contribution in [0.3, 0.4) is 0 Å². The zero-order valence-electron chi connectivity index (χ0n) is 18.1. The molecule has 0 fully saturated rings. The fraction of sp³-hybridized carbons (Fsp3) is 0.458. The summed E-state index contributed by atoms with van der Waals surface area (Å²) < 4.78 is 5.25. The number of halogens is 1. The van der Waals surface area contributed by atoms with E-state index >= 15 is 0 Å². The van der Waals surface area contributed by atoms with Crippen LogP contribution in [0.25, 0.3) is 0 Å². The Morgan fingerprint density at radius 3 is 2.50 bits per heavy atom. The van der Waals surface area contributed by atoms with Gasteiger partial charge in [-0.1, -0.05) is 40.2 Å². The standard InChI is InChI=1S/C24H31BrN2O2S/c1-26(2)17-8-15-24(19-11-13-20(14-12-19)29-18-7-6-16-25)23(28)27(3)21-9-4-5-10-22(21)30-24/h4-5,9-14H,6-8,15-18H2,1-3H3. The van der Waals surface area contributed by atoms with Crippen molar-refractivity contribution in [2.24, 2.45) is 0 Å². The molecule has 0 aromatic heterocycles. The SMILES string of the molecule is CN(C)CCCC1(c2ccc(OCCCCBr)cc2)Sc2ccccc2N(C)C1=O. The first-order chi connectivity index (χ1) is 14.5. The third kappa shape index (κ3) is 5.21. The number of thioether (sulfide) groups is 1. The fourth-order valence-corrected chi connectivity index (χ4v) is 5.72. The minimum Gasteiger partial charge on any atom is -0.494 e. The number of benzene rings is 2. The maximum Gasteiger partial charge on any atom is 0.247 e. The lowest BCUT2D eigenvalue weighted by atomic mass is 9.90. The van der Waals surface area contributed by atoms with Crippen LogP contribution in [0.15, 0.2) is 53.4 Å². The van der Waals surface area contributed by atoms with Crippen molar-refractivity contribution in [3.8, 4) is 5.75 Å². The number of unbranched alkanes of at least 4 members (excludes halogenated alkanes) is 1. The molecule has 1 amide bonds. The molecule has 1 aliphatic heterocycles. The molecule has 1 atom stereocenters. The van der Waals surface area contributed by atoms with Crippen LogP contribution in [0.4, 0.5) is 5.69 Å². The average molecular weight is 491 g/mol. The Bertz CT molecular complexity index is 843. The summed E-state index contributed by atoms with van der Waals surface area (Å²) in [6, 6.07) is 16.3. The van der Waals surface area contributed by atoms with E-state index in [0.29, 0.717) is 6.61 Å². The van der Waals surface area contributed by atoms with Crippen molar-refractivity contribution in [2.75, 3.05) is 44.5 Å². The molecule has 4 nitrogen and oxygen atoms in total. The Kier molecular flexibility index (Phi) is 8.26. The van der Waals surface area contributed by atoms with E-state index in [0.717, 1.165) is 59.5 Å². The summed E-state index contributed by atoms with van der Waals surface area (Å²) in [6.07, 6.45) is 3.87. The van der Waals surface area contributed by atoms with Crippen molar-refractivity contribution in [2.45, 2.75) is 35.3 Å². The van der Waals surface area contributed by atoms with E-state index in [9.17, 15) is 4.79 Å². The Morgan fingerprint density at radius 1 is 1.07 bits per heavy atom. The van der Waals surface area contributed by atoms with Crippen LogP contribution in [0, 0.1) is 0 Å². The smallest absolute Gasteiger partial charge is 0.247 e. The summed E-state index contributed by atoms with van der Waals surface area (Å²) in [5.74, 6) is 1.01. The quantitative estimate of drug-likeness (QED) is 0.323. The van der Waals surface area contributed by atoms with Crippen molar-refractivity contribution in [3.05, 3.63) is 54.1 Å². The van der Waals surface area contributed by atoms with E-state index < -0.39 is 4.75 Å². The van der Waals surface area contributed by atoms with Crippen LogP contribution in [0.5, 0.6) is 5.75 Å². The lowest BCUT2D eigenvalue weighted by Gasteiger charge is -2.41. The summed E-state index contributed by atoms with van der Waals surface area (Å²) in [7, 11) is 6.04. The minimum atomic E-state index is -0.617. The van der Waals surface area contributed by atoms with Gasteiger partial charge in [-0.3, -0.25) is 4.79 Å². The molecule has 0 N–H and O–H groups in total. The van der Waals surface area contributed by atoms with Crippen LogP contribution in [0.1, 0.15) is 31.2 Å². The number of ether oxygens (including phenoxy) is 1. The number of alkyl halides is 1. The third-order valence-electron chi connectivity index (χ3n) is 5.41. The van der Waals surface area contributed by atoms with E-state index in [-0.39, 0.29) is 5.91 Å². The number of carbonyl (C=O) groups is 1. The second-order valence-corrected chi connectivity index (χ2v) is 10.1. The van der Waals surface area contributed by atoms with Gasteiger partial charge in [0.05, 0.1) is 12.3 Å². The molecule has 1 unspecified atom stereocenters. The van der Waals surface area contributed by atoms with Gasteiger partial charge < -0.3 is 14.5 Å². The van der Waals surface area contributed by atoms with Crippen molar-refractivity contribution < 1.29 is 9.53 Å². The number of rotatable bonds is 10. The van der Waals surface area contributed by atoms with Gasteiger partial charge in [0.15, 0.2) is 0 Å². The summed E-state index contributed by atoms with van der Waals surface area (Å²) >= 11 is 5.15. The van der Waals surface area contributed by atoms with Gasteiger partial charge in [0.1, 0.15) is 10.5 Å². The predicted molar refractivity (Wildman–Crippen MR) is 130 cm³/mol. The number of para-hydroxylation sites is 1. The van der Waals surface area contributed by atoms with E-state index in [4.69, 9.17) is 4.74 Å². The highest BCUT2D eigenvalue weighted by Gasteiger charge is 2.46. The third-order valence-corrected chi connectivity index (χ3v) is 7.50. The van der Waals surface area contributed by atoms with Gasteiger partial charge in [-0.25, -0.2) is 0 Å². The molecular weight excluding hydrogens is 460 g/mol. The molecule has 162 valence electrons. The number of hydrogen-bond donors (Lipinski definition) is 0. The van der Waals surface area contributed by atoms with Gasteiger partial charge in [-0.2, -0.15) is 0 Å². The minimum absolute atomic E-state index is 0.149. The van der Waals surface area contributed by atoms with Gasteiger partial charge in [-0.15, -0.1) is 11.8 Å². The highest BCUT2D eigenvalue weighted by molar-refractivity contribution is 9.09. The molecule has 0 spiro atoms. The van der Waals surface area contributed by atoms with Gasteiger partial charge in [0.2, 0.25) is 5.91 Å².